The highest BCUT2D eigenvalue weighted by atomic mass is 19.1. The molecule has 0 bridgehead atoms. The van der Waals surface area contributed by atoms with Gasteiger partial charge in [0.25, 0.3) is 5.91 Å². The lowest BCUT2D eigenvalue weighted by Crippen LogP contribution is -2.58. The lowest BCUT2D eigenvalue weighted by Gasteiger charge is -2.47. The first kappa shape index (κ1) is 13.9. The summed E-state index contributed by atoms with van der Waals surface area (Å²) in [5.74, 6) is -0.901. The number of nitrogens with zero attached hydrogens (tertiary/aromatic N) is 2. The van der Waals surface area contributed by atoms with E-state index in [1.807, 2.05) is 27.7 Å². The Morgan fingerprint density at radius 3 is 2.37 bits per heavy atom. The van der Waals surface area contributed by atoms with Gasteiger partial charge in [-0.3, -0.25) is 4.79 Å². The van der Waals surface area contributed by atoms with Gasteiger partial charge in [-0.15, -0.1) is 0 Å². The third-order valence-corrected chi connectivity index (χ3v) is 2.92. The van der Waals surface area contributed by atoms with Crippen molar-refractivity contribution >= 4 is 5.91 Å². The molecule has 0 spiro atoms. The van der Waals surface area contributed by atoms with Gasteiger partial charge in [-0.05, 0) is 39.8 Å². The average Bonchev–Trinajstić information content (AvgIpc) is 2.23. The maximum absolute atomic E-state index is 13.1. The number of hydrogen-bond acceptors (Lipinski definition) is 3. The molecular formula is C14H19FN2O2. The van der Waals surface area contributed by atoms with Gasteiger partial charge in [-0.2, -0.15) is 4.39 Å². The van der Waals surface area contributed by atoms with Gasteiger partial charge in [-0.1, -0.05) is 6.07 Å². The van der Waals surface area contributed by atoms with Gasteiger partial charge in [0, 0.05) is 13.1 Å². The predicted molar refractivity (Wildman–Crippen MR) is 69.3 cm³/mol. The van der Waals surface area contributed by atoms with Crippen molar-refractivity contribution in [1.29, 1.82) is 0 Å². The van der Waals surface area contributed by atoms with Gasteiger partial charge >= 0.3 is 0 Å². The lowest BCUT2D eigenvalue weighted by molar-refractivity contribution is -0.171. The molecule has 1 aliphatic heterocycles. The normalized spacial score (nSPS) is 21.2. The Bertz CT molecular complexity index is 484. The summed E-state index contributed by atoms with van der Waals surface area (Å²) in [6.45, 7) is 8.68. The molecule has 0 atom stereocenters. The van der Waals surface area contributed by atoms with Crippen LogP contribution in [0.4, 0.5) is 4.39 Å². The molecule has 5 heteroatoms. The molecule has 0 aliphatic carbocycles. The molecule has 0 unspecified atom stereocenters. The third-order valence-electron chi connectivity index (χ3n) is 2.92. The van der Waals surface area contributed by atoms with E-state index in [-0.39, 0.29) is 11.6 Å². The van der Waals surface area contributed by atoms with Crippen molar-refractivity contribution in [1.82, 2.24) is 9.88 Å². The number of halogens is 1. The van der Waals surface area contributed by atoms with Gasteiger partial charge in [0.1, 0.15) is 5.69 Å². The highest BCUT2D eigenvalue weighted by Gasteiger charge is 2.40. The Morgan fingerprint density at radius 1 is 1.26 bits per heavy atom. The fourth-order valence-electron chi connectivity index (χ4n) is 2.62. The summed E-state index contributed by atoms with van der Waals surface area (Å²) in [4.78, 5) is 17.7. The second-order valence-electron chi connectivity index (χ2n) is 6.13. The first-order chi connectivity index (χ1) is 8.69. The number of amides is 1. The Balaban J connectivity index is 2.24. The zero-order chi connectivity index (χ0) is 14.3. The van der Waals surface area contributed by atoms with Crippen molar-refractivity contribution in [3.63, 3.8) is 0 Å². The number of rotatable bonds is 1. The van der Waals surface area contributed by atoms with Crippen molar-refractivity contribution in [2.45, 2.75) is 38.9 Å². The molecule has 0 saturated carbocycles. The Labute approximate surface area is 112 Å². The molecule has 1 fully saturated rings. The van der Waals surface area contributed by atoms with Crippen LogP contribution in [0.15, 0.2) is 18.2 Å². The minimum Gasteiger partial charge on any atom is -0.366 e. The van der Waals surface area contributed by atoms with Gasteiger partial charge in [0.2, 0.25) is 5.95 Å². The summed E-state index contributed by atoms with van der Waals surface area (Å²) < 4.78 is 19.0. The van der Waals surface area contributed by atoms with E-state index in [1.54, 1.807) is 4.90 Å². The van der Waals surface area contributed by atoms with Crippen molar-refractivity contribution in [3.05, 3.63) is 29.8 Å². The molecule has 1 aromatic heterocycles. The number of carbonyl (C=O) groups is 1. The largest absolute Gasteiger partial charge is 0.366 e. The van der Waals surface area contributed by atoms with Crippen LogP contribution in [-0.4, -0.2) is 40.1 Å². The second kappa shape index (κ2) is 4.56. The zero-order valence-electron chi connectivity index (χ0n) is 11.7. The van der Waals surface area contributed by atoms with Crippen LogP contribution in [0.1, 0.15) is 38.2 Å². The van der Waals surface area contributed by atoms with Crippen LogP contribution < -0.4 is 0 Å². The highest BCUT2D eigenvalue weighted by Crippen LogP contribution is 2.28. The fraction of sp³-hybridized carbons (Fsp3) is 0.571. The van der Waals surface area contributed by atoms with Crippen molar-refractivity contribution < 1.29 is 13.9 Å². The smallest absolute Gasteiger partial charge is 0.272 e. The van der Waals surface area contributed by atoms with Crippen LogP contribution in [0.5, 0.6) is 0 Å². The number of carbonyl (C=O) groups excluding carboxylic acids is 1. The van der Waals surface area contributed by atoms with Crippen LogP contribution in [-0.2, 0) is 4.74 Å². The minimum absolute atomic E-state index is 0.133. The monoisotopic (exact) mass is 266 g/mol. The molecule has 1 saturated heterocycles. The van der Waals surface area contributed by atoms with E-state index in [4.69, 9.17) is 4.74 Å². The van der Waals surface area contributed by atoms with E-state index in [0.717, 1.165) is 0 Å². The number of aromatic nitrogens is 1. The Morgan fingerprint density at radius 2 is 1.84 bits per heavy atom. The topological polar surface area (TPSA) is 42.4 Å². The molecule has 19 heavy (non-hydrogen) atoms. The molecule has 0 N–H and O–H groups in total. The summed E-state index contributed by atoms with van der Waals surface area (Å²) in [6, 6.07) is 4.25. The van der Waals surface area contributed by atoms with E-state index in [2.05, 4.69) is 4.98 Å². The van der Waals surface area contributed by atoms with Gasteiger partial charge < -0.3 is 9.64 Å². The van der Waals surface area contributed by atoms with Crippen LogP contribution in [0.2, 0.25) is 0 Å². The zero-order valence-corrected chi connectivity index (χ0v) is 11.7. The molecule has 0 radical (unpaired) electrons. The number of ether oxygens (including phenoxy) is 1. The lowest BCUT2D eigenvalue weighted by atomic mass is 9.98. The van der Waals surface area contributed by atoms with E-state index < -0.39 is 17.1 Å². The average molecular weight is 266 g/mol. The molecule has 1 aliphatic rings. The van der Waals surface area contributed by atoms with Gasteiger partial charge in [0.05, 0.1) is 11.2 Å². The summed E-state index contributed by atoms with van der Waals surface area (Å²) in [5, 5.41) is 0. The van der Waals surface area contributed by atoms with Gasteiger partial charge in [0.15, 0.2) is 0 Å². The van der Waals surface area contributed by atoms with E-state index in [0.29, 0.717) is 13.1 Å². The van der Waals surface area contributed by atoms with Crippen LogP contribution in [0.25, 0.3) is 0 Å². The maximum atomic E-state index is 13.1. The number of pyridine rings is 1. The maximum Gasteiger partial charge on any atom is 0.272 e. The molecule has 0 aromatic carbocycles. The van der Waals surface area contributed by atoms with Crippen LogP contribution >= 0.6 is 0 Å². The third kappa shape index (κ3) is 3.29. The number of hydrogen-bond donors (Lipinski definition) is 0. The number of morpholine rings is 1. The summed E-state index contributed by atoms with van der Waals surface area (Å²) in [6.07, 6.45) is 0. The van der Waals surface area contributed by atoms with Crippen LogP contribution in [0, 0.1) is 5.95 Å². The first-order valence-electron chi connectivity index (χ1n) is 6.31. The molecule has 2 heterocycles. The summed E-state index contributed by atoms with van der Waals surface area (Å²) >= 11 is 0. The standard InChI is InChI=1S/C14H19FN2O2/c1-13(2)8-17(9-14(3,4)19-13)12(18)10-6-5-7-11(15)16-10/h5-7H,8-9H2,1-4H3. The van der Waals surface area contributed by atoms with E-state index >= 15 is 0 Å². The van der Waals surface area contributed by atoms with Crippen molar-refractivity contribution in [2.24, 2.45) is 0 Å². The summed E-state index contributed by atoms with van der Waals surface area (Å²) in [7, 11) is 0. The molecule has 4 nitrogen and oxygen atoms in total. The molecular weight excluding hydrogens is 247 g/mol. The predicted octanol–water partition coefficient (Wildman–Crippen LogP) is 2.25. The quantitative estimate of drug-likeness (QED) is 0.732. The molecule has 104 valence electrons. The van der Waals surface area contributed by atoms with E-state index in [9.17, 15) is 9.18 Å². The second-order valence-corrected chi connectivity index (χ2v) is 6.13. The van der Waals surface area contributed by atoms with E-state index in [1.165, 1.54) is 18.2 Å². The Kier molecular flexibility index (Phi) is 3.34. The van der Waals surface area contributed by atoms with Gasteiger partial charge in [-0.25, -0.2) is 4.98 Å². The minimum atomic E-state index is -0.641. The Hall–Kier alpha value is -1.49. The van der Waals surface area contributed by atoms with Crippen LogP contribution in [0.3, 0.4) is 0 Å². The fourth-order valence-corrected chi connectivity index (χ4v) is 2.62. The SMILES string of the molecule is CC1(C)CN(C(=O)c2cccc(F)n2)CC(C)(C)O1. The highest BCUT2D eigenvalue weighted by molar-refractivity contribution is 5.92. The summed E-state index contributed by atoms with van der Waals surface area (Å²) in [5.41, 5.74) is -0.719. The molecule has 1 amide bonds. The molecule has 1 aromatic rings. The van der Waals surface area contributed by atoms with Crippen molar-refractivity contribution in [3.8, 4) is 0 Å². The first-order valence-corrected chi connectivity index (χ1v) is 6.31. The van der Waals surface area contributed by atoms with Crippen molar-refractivity contribution in [2.75, 3.05) is 13.1 Å². The molecule has 2 rings (SSSR count).